The van der Waals surface area contributed by atoms with Gasteiger partial charge in [0, 0.05) is 24.7 Å². The van der Waals surface area contributed by atoms with Gasteiger partial charge in [0.2, 0.25) is 0 Å². The molecule has 0 saturated heterocycles. The van der Waals surface area contributed by atoms with Crippen LogP contribution in [-0.2, 0) is 0 Å². The molecule has 0 aliphatic rings. The highest BCUT2D eigenvalue weighted by molar-refractivity contribution is 6.30. The molecule has 0 fully saturated rings. The molecule has 0 bridgehead atoms. The number of amides is 2. The molecule has 1 aromatic heterocycles. The number of carbonyl (C=O) groups excluding carboxylic acids is 2. The van der Waals surface area contributed by atoms with Crippen LogP contribution in [0.25, 0.3) is 0 Å². The molecule has 6 nitrogen and oxygen atoms in total. The third kappa shape index (κ3) is 4.08. The van der Waals surface area contributed by atoms with Gasteiger partial charge in [-0.2, -0.15) is 0 Å². The minimum absolute atomic E-state index is 0.208. The van der Waals surface area contributed by atoms with Crippen molar-refractivity contribution in [3.8, 4) is 5.75 Å². The van der Waals surface area contributed by atoms with E-state index < -0.39 is 0 Å². The molecular formula is C17H20ClN3O3. The van der Waals surface area contributed by atoms with E-state index in [0.29, 0.717) is 17.3 Å². The second kappa shape index (κ2) is 7.88. The molecule has 2 amide bonds. The van der Waals surface area contributed by atoms with Crippen molar-refractivity contribution in [2.75, 3.05) is 13.6 Å². The zero-order valence-corrected chi connectivity index (χ0v) is 14.5. The lowest BCUT2D eigenvalue weighted by Gasteiger charge is -2.15. The molecule has 0 aliphatic carbocycles. The number of hydrogen-bond acceptors (Lipinski definition) is 3. The summed E-state index contributed by atoms with van der Waals surface area (Å²) in [5, 5.41) is 5.84. The van der Waals surface area contributed by atoms with Gasteiger partial charge in [-0.3, -0.25) is 9.59 Å². The number of halogens is 1. The van der Waals surface area contributed by atoms with Crippen molar-refractivity contribution in [2.24, 2.45) is 0 Å². The van der Waals surface area contributed by atoms with Gasteiger partial charge in [0.05, 0.1) is 0 Å². The van der Waals surface area contributed by atoms with Crippen molar-refractivity contribution in [1.82, 2.24) is 15.6 Å². The van der Waals surface area contributed by atoms with E-state index >= 15 is 0 Å². The van der Waals surface area contributed by atoms with E-state index in [-0.39, 0.29) is 29.3 Å². The number of aromatic nitrogens is 1. The third-order valence-electron chi connectivity index (χ3n) is 3.46. The summed E-state index contributed by atoms with van der Waals surface area (Å²) in [6.07, 6.45) is -0.316. The number of carbonyl (C=O) groups is 2. The fraction of sp³-hybridized carbons (Fsp3) is 0.294. The second-order valence-corrected chi connectivity index (χ2v) is 5.61. The lowest BCUT2D eigenvalue weighted by atomic mass is 10.1. The van der Waals surface area contributed by atoms with Gasteiger partial charge in [0.1, 0.15) is 17.5 Å². The van der Waals surface area contributed by atoms with E-state index in [2.05, 4.69) is 15.6 Å². The zero-order valence-electron chi connectivity index (χ0n) is 13.8. The van der Waals surface area contributed by atoms with Crippen LogP contribution in [0.2, 0.25) is 5.02 Å². The van der Waals surface area contributed by atoms with E-state index in [1.807, 2.05) is 26.0 Å². The Kier molecular flexibility index (Phi) is 5.87. The predicted molar refractivity (Wildman–Crippen MR) is 92.7 cm³/mol. The highest BCUT2D eigenvalue weighted by Crippen LogP contribution is 2.27. The summed E-state index contributed by atoms with van der Waals surface area (Å²) in [5.74, 6) is -0.335. The molecule has 2 rings (SSSR count). The maximum atomic E-state index is 12.0. The molecule has 1 atom stereocenters. The topological polar surface area (TPSA) is 83.2 Å². The van der Waals surface area contributed by atoms with E-state index in [0.717, 1.165) is 5.56 Å². The molecule has 0 aliphatic heterocycles. The number of ether oxygens (including phenoxy) is 1. The second-order valence-electron chi connectivity index (χ2n) is 5.17. The van der Waals surface area contributed by atoms with Crippen LogP contribution in [0.4, 0.5) is 0 Å². The quantitative estimate of drug-likeness (QED) is 0.749. The standard InChI is InChI=1S/C17H20ClN3O3/c1-4-20-16(22)13-9-14(15(21-13)17(23)19-3)24-10(2)11-5-7-12(18)8-6-11/h5-10,21H,4H2,1-3H3,(H,19,23)(H,20,22)/t10-/m1/s1. The first kappa shape index (κ1) is 17.9. The minimum atomic E-state index is -0.358. The maximum absolute atomic E-state index is 12.0. The first-order valence-electron chi connectivity index (χ1n) is 7.61. The van der Waals surface area contributed by atoms with Crippen molar-refractivity contribution >= 4 is 23.4 Å². The normalized spacial score (nSPS) is 11.7. The average molecular weight is 350 g/mol. The van der Waals surface area contributed by atoms with Crippen molar-refractivity contribution < 1.29 is 14.3 Å². The van der Waals surface area contributed by atoms with Crippen LogP contribution in [-0.4, -0.2) is 30.4 Å². The Morgan fingerprint density at radius 2 is 1.92 bits per heavy atom. The van der Waals surface area contributed by atoms with Crippen LogP contribution in [0.15, 0.2) is 30.3 Å². The summed E-state index contributed by atoms with van der Waals surface area (Å²) < 4.78 is 5.89. The van der Waals surface area contributed by atoms with Gasteiger partial charge in [-0.1, -0.05) is 23.7 Å². The monoisotopic (exact) mass is 349 g/mol. The number of aromatic amines is 1. The van der Waals surface area contributed by atoms with Gasteiger partial charge in [-0.05, 0) is 31.5 Å². The maximum Gasteiger partial charge on any atom is 0.271 e. The van der Waals surface area contributed by atoms with Crippen molar-refractivity contribution in [3.63, 3.8) is 0 Å². The third-order valence-corrected chi connectivity index (χ3v) is 3.71. The summed E-state index contributed by atoms with van der Waals surface area (Å²) in [5.41, 5.74) is 1.39. The molecule has 0 spiro atoms. The Bertz CT molecular complexity index is 725. The van der Waals surface area contributed by atoms with Crippen LogP contribution < -0.4 is 15.4 Å². The molecule has 24 heavy (non-hydrogen) atoms. The van der Waals surface area contributed by atoms with Gasteiger partial charge in [-0.15, -0.1) is 0 Å². The van der Waals surface area contributed by atoms with Crippen molar-refractivity contribution in [3.05, 3.63) is 52.3 Å². The SMILES string of the molecule is CCNC(=O)c1cc(O[C@H](C)c2ccc(Cl)cc2)c(C(=O)NC)[nH]1. The number of benzene rings is 1. The first-order chi connectivity index (χ1) is 11.5. The number of rotatable bonds is 6. The van der Waals surface area contributed by atoms with Crippen LogP contribution in [0.3, 0.4) is 0 Å². The molecule has 2 aromatic rings. The van der Waals surface area contributed by atoms with Crippen LogP contribution in [0.5, 0.6) is 5.75 Å². The molecule has 128 valence electrons. The average Bonchev–Trinajstić information content (AvgIpc) is 2.99. The lowest BCUT2D eigenvalue weighted by Crippen LogP contribution is -2.23. The highest BCUT2D eigenvalue weighted by atomic mass is 35.5. The Hall–Kier alpha value is -2.47. The van der Waals surface area contributed by atoms with Gasteiger partial charge in [0.25, 0.3) is 11.8 Å². The van der Waals surface area contributed by atoms with E-state index in [9.17, 15) is 9.59 Å². The van der Waals surface area contributed by atoms with Crippen LogP contribution >= 0.6 is 11.6 Å². The van der Waals surface area contributed by atoms with E-state index in [1.165, 1.54) is 13.1 Å². The molecule has 0 unspecified atom stereocenters. The van der Waals surface area contributed by atoms with Crippen molar-refractivity contribution in [2.45, 2.75) is 20.0 Å². The summed E-state index contributed by atoms with van der Waals surface area (Å²) in [6.45, 7) is 4.17. The number of hydrogen-bond donors (Lipinski definition) is 3. The van der Waals surface area contributed by atoms with Crippen LogP contribution in [0, 0.1) is 0 Å². The Labute approximate surface area is 145 Å². The molecule has 0 saturated carbocycles. The van der Waals surface area contributed by atoms with Crippen LogP contribution in [0.1, 0.15) is 46.5 Å². The molecular weight excluding hydrogens is 330 g/mol. The summed E-state index contributed by atoms with van der Waals surface area (Å²) in [6, 6.07) is 8.77. The van der Waals surface area contributed by atoms with Crippen molar-refractivity contribution in [1.29, 1.82) is 0 Å². The smallest absolute Gasteiger partial charge is 0.271 e. The molecule has 3 N–H and O–H groups in total. The summed E-state index contributed by atoms with van der Waals surface area (Å²) >= 11 is 5.89. The highest BCUT2D eigenvalue weighted by Gasteiger charge is 2.21. The van der Waals surface area contributed by atoms with Gasteiger partial charge in [0.15, 0.2) is 5.75 Å². The molecule has 0 radical (unpaired) electrons. The lowest BCUT2D eigenvalue weighted by molar-refractivity contribution is 0.0951. The minimum Gasteiger partial charge on any atom is -0.484 e. The molecule has 7 heteroatoms. The van der Waals surface area contributed by atoms with Gasteiger partial charge < -0.3 is 20.4 Å². The fourth-order valence-corrected chi connectivity index (χ4v) is 2.32. The predicted octanol–water partition coefficient (Wildman–Crippen LogP) is 2.92. The van der Waals surface area contributed by atoms with Gasteiger partial charge in [-0.25, -0.2) is 0 Å². The van der Waals surface area contributed by atoms with E-state index in [4.69, 9.17) is 16.3 Å². The fourth-order valence-electron chi connectivity index (χ4n) is 2.19. The Morgan fingerprint density at radius 3 is 2.50 bits per heavy atom. The Morgan fingerprint density at radius 1 is 1.25 bits per heavy atom. The Balaban J connectivity index is 2.28. The summed E-state index contributed by atoms with van der Waals surface area (Å²) in [7, 11) is 1.52. The largest absolute Gasteiger partial charge is 0.484 e. The van der Waals surface area contributed by atoms with Gasteiger partial charge >= 0.3 is 0 Å². The number of nitrogens with one attached hydrogen (secondary N) is 3. The molecule has 1 heterocycles. The first-order valence-corrected chi connectivity index (χ1v) is 7.99. The summed E-state index contributed by atoms with van der Waals surface area (Å²) in [4.78, 5) is 26.8. The zero-order chi connectivity index (χ0) is 17.7. The molecule has 1 aromatic carbocycles. The van der Waals surface area contributed by atoms with E-state index in [1.54, 1.807) is 12.1 Å². The number of H-pyrrole nitrogens is 1.